The summed E-state index contributed by atoms with van der Waals surface area (Å²) in [6.45, 7) is 7.40. The van der Waals surface area contributed by atoms with Gasteiger partial charge < -0.3 is 10.1 Å². The van der Waals surface area contributed by atoms with Gasteiger partial charge in [-0.15, -0.1) is 0 Å². The van der Waals surface area contributed by atoms with Gasteiger partial charge in [-0.25, -0.2) is 0 Å². The number of ether oxygens (including phenoxy) is 1. The molecule has 0 bridgehead atoms. The number of halogens is 3. The van der Waals surface area contributed by atoms with E-state index in [0.717, 1.165) is 12.5 Å². The van der Waals surface area contributed by atoms with Crippen molar-refractivity contribution in [3.8, 4) is 0 Å². The average Bonchev–Trinajstić information content (AvgIpc) is 2.36. The van der Waals surface area contributed by atoms with Crippen molar-refractivity contribution < 1.29 is 17.9 Å². The Kier molecular flexibility index (Phi) is 4.63. The molecule has 1 aromatic carbocycles. The predicted molar refractivity (Wildman–Crippen MR) is 76.0 cm³/mol. The van der Waals surface area contributed by atoms with Crippen LogP contribution in [0.1, 0.15) is 44.4 Å². The summed E-state index contributed by atoms with van der Waals surface area (Å²) >= 11 is 0. The summed E-state index contributed by atoms with van der Waals surface area (Å²) in [5.74, 6) is 0. The topological polar surface area (TPSA) is 21.3 Å². The fourth-order valence-electron chi connectivity index (χ4n) is 2.73. The van der Waals surface area contributed by atoms with E-state index in [1.165, 1.54) is 12.1 Å². The number of hydrogen-bond donors (Lipinski definition) is 1. The zero-order chi connectivity index (χ0) is 15.7. The highest BCUT2D eigenvalue weighted by atomic mass is 19.4. The van der Waals surface area contributed by atoms with Crippen LogP contribution < -0.4 is 5.32 Å². The molecule has 1 fully saturated rings. The molecule has 0 amide bonds. The molecule has 1 saturated heterocycles. The Morgan fingerprint density at radius 2 is 1.81 bits per heavy atom. The van der Waals surface area contributed by atoms with Gasteiger partial charge in [-0.05, 0) is 23.5 Å². The number of morpholine rings is 1. The lowest BCUT2D eigenvalue weighted by molar-refractivity contribution is -0.141. The van der Waals surface area contributed by atoms with E-state index in [2.05, 4.69) is 26.1 Å². The molecule has 1 aromatic rings. The van der Waals surface area contributed by atoms with Crippen LogP contribution in [0.2, 0.25) is 0 Å². The van der Waals surface area contributed by atoms with E-state index in [-0.39, 0.29) is 17.1 Å². The summed E-state index contributed by atoms with van der Waals surface area (Å²) in [7, 11) is 0. The Hall–Kier alpha value is -1.07. The van der Waals surface area contributed by atoms with Gasteiger partial charge in [0.25, 0.3) is 0 Å². The lowest BCUT2D eigenvalue weighted by Gasteiger charge is -2.35. The highest BCUT2D eigenvalue weighted by molar-refractivity contribution is 5.32. The van der Waals surface area contributed by atoms with Gasteiger partial charge >= 0.3 is 6.18 Å². The molecular weight excluding hydrogens is 279 g/mol. The van der Waals surface area contributed by atoms with E-state index in [1.807, 2.05) is 0 Å². The Bertz CT molecular complexity index is 479. The van der Waals surface area contributed by atoms with Crippen LogP contribution in [-0.4, -0.2) is 19.2 Å². The highest BCUT2D eigenvalue weighted by Crippen LogP contribution is 2.37. The maximum absolute atomic E-state index is 13.1. The predicted octanol–water partition coefficient (Wildman–Crippen LogP) is 4.17. The van der Waals surface area contributed by atoms with E-state index < -0.39 is 17.8 Å². The molecule has 1 aliphatic heterocycles. The van der Waals surface area contributed by atoms with E-state index in [9.17, 15) is 13.2 Å². The van der Waals surface area contributed by atoms with Crippen molar-refractivity contribution in [2.45, 2.75) is 45.6 Å². The van der Waals surface area contributed by atoms with Crippen molar-refractivity contribution >= 4 is 0 Å². The molecule has 2 rings (SSSR count). The third kappa shape index (κ3) is 4.45. The second kappa shape index (κ2) is 5.97. The summed E-state index contributed by atoms with van der Waals surface area (Å²) < 4.78 is 45.2. The molecule has 0 aromatic heterocycles. The molecule has 0 aliphatic carbocycles. The van der Waals surface area contributed by atoms with Crippen LogP contribution in [0.5, 0.6) is 0 Å². The molecule has 1 N–H and O–H groups in total. The fourth-order valence-corrected chi connectivity index (χ4v) is 2.73. The lowest BCUT2D eigenvalue weighted by Crippen LogP contribution is -2.42. The second-order valence-corrected chi connectivity index (χ2v) is 6.75. The molecule has 1 heterocycles. The number of benzene rings is 1. The van der Waals surface area contributed by atoms with Crippen molar-refractivity contribution in [1.82, 2.24) is 5.32 Å². The smallest absolute Gasteiger partial charge is 0.368 e. The van der Waals surface area contributed by atoms with E-state index in [4.69, 9.17) is 4.74 Å². The molecular formula is C16H22F3NO. The molecule has 1 aliphatic rings. The van der Waals surface area contributed by atoms with Crippen LogP contribution >= 0.6 is 0 Å². The van der Waals surface area contributed by atoms with Gasteiger partial charge in [0.15, 0.2) is 0 Å². The summed E-state index contributed by atoms with van der Waals surface area (Å²) in [5.41, 5.74) is -0.304. The van der Waals surface area contributed by atoms with Gasteiger partial charge in [0, 0.05) is 13.1 Å². The van der Waals surface area contributed by atoms with Crippen molar-refractivity contribution in [2.75, 3.05) is 13.1 Å². The molecule has 0 radical (unpaired) electrons. The summed E-state index contributed by atoms with van der Waals surface area (Å²) in [6.07, 6.45) is -4.16. The fraction of sp³-hybridized carbons (Fsp3) is 0.625. The van der Waals surface area contributed by atoms with Crippen molar-refractivity contribution in [1.29, 1.82) is 0 Å². The number of hydrogen-bond acceptors (Lipinski definition) is 2. The molecule has 2 nitrogen and oxygen atoms in total. The molecule has 5 heteroatoms. The minimum Gasteiger partial charge on any atom is -0.368 e. The number of nitrogens with one attached hydrogen (secondary N) is 1. The van der Waals surface area contributed by atoms with Crippen molar-refractivity contribution in [3.05, 3.63) is 35.4 Å². The molecule has 2 unspecified atom stereocenters. The summed E-state index contributed by atoms with van der Waals surface area (Å²) in [4.78, 5) is 0. The first-order valence-corrected chi connectivity index (χ1v) is 7.19. The van der Waals surface area contributed by atoms with Crippen LogP contribution in [0.3, 0.4) is 0 Å². The van der Waals surface area contributed by atoms with Crippen molar-refractivity contribution in [2.24, 2.45) is 5.41 Å². The maximum Gasteiger partial charge on any atom is 0.416 e. The highest BCUT2D eigenvalue weighted by Gasteiger charge is 2.37. The zero-order valence-corrected chi connectivity index (χ0v) is 12.6. The molecule has 0 saturated carbocycles. The molecule has 21 heavy (non-hydrogen) atoms. The Labute approximate surface area is 123 Å². The number of rotatable bonds is 2. The Balaban J connectivity index is 2.19. The largest absolute Gasteiger partial charge is 0.416 e. The van der Waals surface area contributed by atoms with Gasteiger partial charge in [-0.2, -0.15) is 13.2 Å². The Morgan fingerprint density at radius 3 is 2.43 bits per heavy atom. The third-order valence-corrected chi connectivity index (χ3v) is 3.51. The first kappa shape index (κ1) is 16.3. The van der Waals surface area contributed by atoms with Gasteiger partial charge in [0.05, 0.1) is 17.8 Å². The van der Waals surface area contributed by atoms with Crippen LogP contribution in [0, 0.1) is 5.41 Å². The quantitative estimate of drug-likeness (QED) is 0.885. The molecule has 0 spiro atoms. The standard InChI is InChI=1S/C16H22F3NO/c1-15(2,3)8-11-9-20-10-14(21-11)12-6-4-5-7-13(12)16(17,18)19/h4-7,11,14,20H,8-10H2,1-3H3. The Morgan fingerprint density at radius 1 is 1.14 bits per heavy atom. The summed E-state index contributed by atoms with van der Waals surface area (Å²) in [6, 6.07) is 5.66. The van der Waals surface area contributed by atoms with Gasteiger partial charge in [-0.3, -0.25) is 0 Å². The second-order valence-electron chi connectivity index (χ2n) is 6.75. The first-order valence-electron chi connectivity index (χ1n) is 7.19. The van der Waals surface area contributed by atoms with E-state index >= 15 is 0 Å². The zero-order valence-electron chi connectivity index (χ0n) is 12.6. The van der Waals surface area contributed by atoms with Crippen LogP contribution in [0.15, 0.2) is 24.3 Å². The van der Waals surface area contributed by atoms with E-state index in [1.54, 1.807) is 6.07 Å². The van der Waals surface area contributed by atoms with E-state index in [0.29, 0.717) is 13.1 Å². The van der Waals surface area contributed by atoms with Gasteiger partial charge in [0.1, 0.15) is 0 Å². The molecule has 118 valence electrons. The SMILES string of the molecule is CC(C)(C)CC1CNCC(c2ccccc2C(F)(F)F)O1. The third-order valence-electron chi connectivity index (χ3n) is 3.51. The van der Waals surface area contributed by atoms with Gasteiger partial charge in [-0.1, -0.05) is 39.0 Å². The summed E-state index contributed by atoms with van der Waals surface area (Å²) in [5, 5.41) is 3.19. The number of alkyl halides is 3. The normalized spacial score (nSPS) is 24.1. The maximum atomic E-state index is 13.1. The average molecular weight is 301 g/mol. The molecule has 2 atom stereocenters. The van der Waals surface area contributed by atoms with Crippen molar-refractivity contribution in [3.63, 3.8) is 0 Å². The van der Waals surface area contributed by atoms with Crippen LogP contribution in [0.25, 0.3) is 0 Å². The van der Waals surface area contributed by atoms with Crippen LogP contribution in [-0.2, 0) is 10.9 Å². The van der Waals surface area contributed by atoms with Gasteiger partial charge in [0.2, 0.25) is 0 Å². The first-order chi connectivity index (χ1) is 9.67. The minimum absolute atomic E-state index is 0.0648. The van der Waals surface area contributed by atoms with Crippen LogP contribution in [0.4, 0.5) is 13.2 Å². The lowest BCUT2D eigenvalue weighted by atomic mass is 9.88. The minimum atomic E-state index is -4.35. The monoisotopic (exact) mass is 301 g/mol.